The third-order valence-electron chi connectivity index (χ3n) is 4.16. The molecule has 0 radical (unpaired) electrons. The number of nitrogens with zero attached hydrogens (tertiary/aromatic N) is 2. The fourth-order valence-electron chi connectivity index (χ4n) is 2.62. The molecule has 26 heavy (non-hydrogen) atoms. The third-order valence-corrected chi connectivity index (χ3v) is 4.16. The van der Waals surface area contributed by atoms with Crippen molar-refractivity contribution in [3.8, 4) is 11.8 Å². The van der Waals surface area contributed by atoms with E-state index in [1.165, 1.54) is 5.56 Å². The second kappa shape index (κ2) is 10.9. The van der Waals surface area contributed by atoms with Gasteiger partial charge in [0.25, 0.3) is 5.91 Å². The van der Waals surface area contributed by atoms with Crippen molar-refractivity contribution in [1.82, 2.24) is 4.90 Å². The highest BCUT2D eigenvalue weighted by molar-refractivity contribution is 5.94. The summed E-state index contributed by atoms with van der Waals surface area (Å²) in [6.07, 6.45) is 3.21. The van der Waals surface area contributed by atoms with Gasteiger partial charge in [0.1, 0.15) is 5.75 Å². The largest absolute Gasteiger partial charge is 0.494 e. The molecule has 2 aromatic rings. The van der Waals surface area contributed by atoms with Crippen LogP contribution in [0.3, 0.4) is 0 Å². The van der Waals surface area contributed by atoms with Crippen LogP contribution < -0.4 is 4.74 Å². The summed E-state index contributed by atoms with van der Waals surface area (Å²) >= 11 is 0. The molecule has 0 atom stereocenters. The van der Waals surface area contributed by atoms with Gasteiger partial charge < -0.3 is 9.64 Å². The first-order valence-corrected chi connectivity index (χ1v) is 9.17. The summed E-state index contributed by atoms with van der Waals surface area (Å²) in [5.74, 6) is 0.735. The van der Waals surface area contributed by atoms with Crippen LogP contribution in [0.5, 0.6) is 5.75 Å². The van der Waals surface area contributed by atoms with Crippen molar-refractivity contribution in [2.45, 2.75) is 32.6 Å². The standard InChI is InChI=1S/C22H26N2O2/c1-2-3-18-26-21-12-10-20(11-13-21)22(25)24(16-7-15-23)17-14-19-8-5-4-6-9-19/h4-6,8-13H,2-3,7,14,16-18H2,1H3. The first-order chi connectivity index (χ1) is 12.7. The summed E-state index contributed by atoms with van der Waals surface area (Å²) in [4.78, 5) is 14.6. The molecule has 0 heterocycles. The molecular formula is C22H26N2O2. The van der Waals surface area contributed by atoms with Gasteiger partial charge in [-0.25, -0.2) is 0 Å². The van der Waals surface area contributed by atoms with Crippen molar-refractivity contribution < 1.29 is 9.53 Å². The Kier molecular flexibility index (Phi) is 8.21. The van der Waals surface area contributed by atoms with Crippen molar-refractivity contribution in [3.05, 3.63) is 65.7 Å². The lowest BCUT2D eigenvalue weighted by atomic mass is 10.1. The van der Waals surface area contributed by atoms with Gasteiger partial charge >= 0.3 is 0 Å². The summed E-state index contributed by atoms with van der Waals surface area (Å²) < 4.78 is 5.64. The average molecular weight is 350 g/mol. The molecule has 0 saturated carbocycles. The highest BCUT2D eigenvalue weighted by atomic mass is 16.5. The Balaban J connectivity index is 1.99. The summed E-state index contributed by atoms with van der Waals surface area (Å²) in [5.41, 5.74) is 1.81. The highest BCUT2D eigenvalue weighted by Crippen LogP contribution is 2.15. The summed E-state index contributed by atoms with van der Waals surface area (Å²) in [6, 6.07) is 19.5. The minimum atomic E-state index is -0.0451. The van der Waals surface area contributed by atoms with Gasteiger partial charge in [0, 0.05) is 18.7 Å². The molecule has 0 bridgehead atoms. The molecule has 0 spiro atoms. The molecule has 0 aliphatic carbocycles. The summed E-state index contributed by atoms with van der Waals surface area (Å²) in [7, 11) is 0. The second-order valence-corrected chi connectivity index (χ2v) is 6.16. The molecule has 2 aromatic carbocycles. The number of carbonyl (C=O) groups is 1. The smallest absolute Gasteiger partial charge is 0.253 e. The molecule has 0 aliphatic heterocycles. The summed E-state index contributed by atoms with van der Waals surface area (Å²) in [5, 5.41) is 8.89. The highest BCUT2D eigenvalue weighted by Gasteiger charge is 2.15. The third kappa shape index (κ3) is 6.25. The fraction of sp³-hybridized carbons (Fsp3) is 0.364. The van der Waals surface area contributed by atoms with E-state index in [4.69, 9.17) is 10.00 Å². The summed E-state index contributed by atoms with van der Waals surface area (Å²) in [6.45, 7) is 3.85. The zero-order chi connectivity index (χ0) is 18.6. The van der Waals surface area contributed by atoms with E-state index in [2.05, 4.69) is 25.1 Å². The maximum absolute atomic E-state index is 12.8. The number of ether oxygens (including phenoxy) is 1. The van der Waals surface area contributed by atoms with Crippen LogP contribution in [0.4, 0.5) is 0 Å². The van der Waals surface area contributed by atoms with Crippen molar-refractivity contribution in [2.75, 3.05) is 19.7 Å². The molecule has 0 N–H and O–H groups in total. The van der Waals surface area contributed by atoms with Crippen LogP contribution in [-0.4, -0.2) is 30.5 Å². The van der Waals surface area contributed by atoms with Gasteiger partial charge in [0.05, 0.1) is 19.1 Å². The lowest BCUT2D eigenvalue weighted by Crippen LogP contribution is -2.33. The van der Waals surface area contributed by atoms with Crippen LogP contribution in [0.1, 0.15) is 42.1 Å². The molecule has 2 rings (SSSR count). The Bertz CT molecular complexity index is 705. The van der Waals surface area contributed by atoms with Gasteiger partial charge in [0.15, 0.2) is 0 Å². The predicted molar refractivity (Wildman–Crippen MR) is 103 cm³/mol. The molecular weight excluding hydrogens is 324 g/mol. The number of hydrogen-bond donors (Lipinski definition) is 0. The molecule has 0 saturated heterocycles. The van der Waals surface area contributed by atoms with Crippen LogP contribution in [0.2, 0.25) is 0 Å². The van der Waals surface area contributed by atoms with Crippen LogP contribution in [0.15, 0.2) is 54.6 Å². The molecule has 0 aliphatic rings. The predicted octanol–water partition coefficient (Wildman–Crippen LogP) is 4.46. The lowest BCUT2D eigenvalue weighted by molar-refractivity contribution is 0.0761. The van der Waals surface area contributed by atoms with Crippen LogP contribution >= 0.6 is 0 Å². The van der Waals surface area contributed by atoms with Crippen molar-refractivity contribution in [1.29, 1.82) is 5.26 Å². The van der Waals surface area contributed by atoms with Gasteiger partial charge in [-0.1, -0.05) is 43.7 Å². The van der Waals surface area contributed by atoms with E-state index >= 15 is 0 Å². The number of rotatable bonds is 10. The molecule has 136 valence electrons. The van der Waals surface area contributed by atoms with Gasteiger partial charge in [-0.3, -0.25) is 4.79 Å². The Morgan fingerprint density at radius 1 is 1.08 bits per heavy atom. The number of amides is 1. The van der Waals surface area contributed by atoms with E-state index in [1.54, 1.807) is 17.0 Å². The van der Waals surface area contributed by atoms with Crippen LogP contribution in [0.25, 0.3) is 0 Å². The molecule has 0 fully saturated rings. The molecule has 0 unspecified atom stereocenters. The fourth-order valence-corrected chi connectivity index (χ4v) is 2.62. The number of unbranched alkanes of at least 4 members (excludes halogenated alkanes) is 1. The second-order valence-electron chi connectivity index (χ2n) is 6.16. The van der Waals surface area contributed by atoms with E-state index in [1.807, 2.05) is 30.3 Å². The van der Waals surface area contributed by atoms with Crippen molar-refractivity contribution >= 4 is 5.91 Å². The van der Waals surface area contributed by atoms with Crippen molar-refractivity contribution in [2.24, 2.45) is 0 Å². The van der Waals surface area contributed by atoms with Gasteiger partial charge in [-0.2, -0.15) is 5.26 Å². The number of hydrogen-bond acceptors (Lipinski definition) is 3. The van der Waals surface area contributed by atoms with Gasteiger partial charge in [-0.15, -0.1) is 0 Å². The first-order valence-electron chi connectivity index (χ1n) is 9.17. The monoisotopic (exact) mass is 350 g/mol. The molecule has 4 nitrogen and oxygen atoms in total. The lowest BCUT2D eigenvalue weighted by Gasteiger charge is -2.22. The molecule has 1 amide bonds. The topological polar surface area (TPSA) is 53.3 Å². The normalized spacial score (nSPS) is 10.2. The minimum absolute atomic E-state index is 0.0451. The zero-order valence-corrected chi connectivity index (χ0v) is 15.4. The Labute approximate surface area is 156 Å². The maximum atomic E-state index is 12.8. The Hall–Kier alpha value is -2.80. The first kappa shape index (κ1) is 19.5. The number of carbonyl (C=O) groups excluding carboxylic acids is 1. The quantitative estimate of drug-likeness (QED) is 0.594. The van der Waals surface area contributed by atoms with E-state index < -0.39 is 0 Å². The van der Waals surface area contributed by atoms with E-state index in [9.17, 15) is 4.79 Å². The van der Waals surface area contributed by atoms with Crippen LogP contribution in [0, 0.1) is 11.3 Å². The van der Waals surface area contributed by atoms with Gasteiger partial charge in [-0.05, 0) is 42.7 Å². The number of benzene rings is 2. The number of nitriles is 1. The average Bonchev–Trinajstić information content (AvgIpc) is 2.69. The Morgan fingerprint density at radius 2 is 1.81 bits per heavy atom. The van der Waals surface area contributed by atoms with E-state index in [0.29, 0.717) is 31.7 Å². The van der Waals surface area contributed by atoms with E-state index in [0.717, 1.165) is 25.0 Å². The molecule has 0 aromatic heterocycles. The zero-order valence-electron chi connectivity index (χ0n) is 15.4. The Morgan fingerprint density at radius 3 is 2.46 bits per heavy atom. The SMILES string of the molecule is CCCCOc1ccc(C(=O)N(CCC#N)CCc2ccccc2)cc1. The van der Waals surface area contributed by atoms with Gasteiger partial charge in [0.2, 0.25) is 0 Å². The van der Waals surface area contributed by atoms with E-state index in [-0.39, 0.29) is 5.91 Å². The molecule has 4 heteroatoms. The minimum Gasteiger partial charge on any atom is -0.494 e. The van der Waals surface area contributed by atoms with Crippen molar-refractivity contribution in [3.63, 3.8) is 0 Å². The maximum Gasteiger partial charge on any atom is 0.253 e. The van der Waals surface area contributed by atoms with Crippen LogP contribution in [-0.2, 0) is 6.42 Å².